The summed E-state index contributed by atoms with van der Waals surface area (Å²) in [6, 6.07) is 6.15. The van der Waals surface area contributed by atoms with Crippen LogP contribution in [0.5, 0.6) is 5.75 Å². The molecular weight excluding hydrogens is 256 g/mol. The van der Waals surface area contributed by atoms with Crippen molar-refractivity contribution in [2.24, 2.45) is 0 Å². The van der Waals surface area contributed by atoms with Crippen LogP contribution < -0.4 is 10.9 Å². The molecule has 0 bridgehead atoms. The second kappa shape index (κ2) is 6.54. The minimum atomic E-state index is -0.700. The van der Waals surface area contributed by atoms with Gasteiger partial charge in [0.1, 0.15) is 5.75 Å². The van der Waals surface area contributed by atoms with Crippen LogP contribution in [-0.2, 0) is 0 Å². The highest BCUT2D eigenvalue weighted by Gasteiger charge is 2.13. The molecule has 1 radical (unpaired) electrons. The number of benzene rings is 1. The molecule has 5 heteroatoms. The molecule has 0 saturated carbocycles. The SMILES string of the molecule is [CH2]CCCNC[C@@H](O)c1ccc(O)c2[nH]c(=O)ccc12. The molecule has 0 fully saturated rings. The van der Waals surface area contributed by atoms with Crippen LogP contribution in [0.15, 0.2) is 29.1 Å². The highest BCUT2D eigenvalue weighted by molar-refractivity contribution is 5.87. The van der Waals surface area contributed by atoms with Crippen molar-refractivity contribution < 1.29 is 10.2 Å². The summed E-state index contributed by atoms with van der Waals surface area (Å²) in [7, 11) is 0. The highest BCUT2D eigenvalue weighted by atomic mass is 16.3. The van der Waals surface area contributed by atoms with E-state index in [4.69, 9.17) is 0 Å². The van der Waals surface area contributed by atoms with Crippen molar-refractivity contribution in [3.63, 3.8) is 0 Å². The Labute approximate surface area is 117 Å². The maximum absolute atomic E-state index is 11.3. The third-order valence-electron chi connectivity index (χ3n) is 3.21. The monoisotopic (exact) mass is 275 g/mol. The van der Waals surface area contributed by atoms with Crippen LogP contribution in [0.3, 0.4) is 0 Å². The molecule has 0 aliphatic heterocycles. The van der Waals surface area contributed by atoms with Crippen molar-refractivity contribution >= 4 is 10.9 Å². The average molecular weight is 275 g/mol. The Morgan fingerprint density at radius 2 is 2.10 bits per heavy atom. The molecule has 1 atom stereocenters. The molecule has 0 aliphatic carbocycles. The van der Waals surface area contributed by atoms with Crippen molar-refractivity contribution in [2.75, 3.05) is 13.1 Å². The van der Waals surface area contributed by atoms with Crippen LogP contribution in [0.4, 0.5) is 0 Å². The lowest BCUT2D eigenvalue weighted by Gasteiger charge is -2.15. The number of phenolic OH excluding ortho intramolecular Hbond substituents is 1. The molecule has 0 unspecified atom stereocenters. The van der Waals surface area contributed by atoms with Crippen molar-refractivity contribution in [1.82, 2.24) is 10.3 Å². The summed E-state index contributed by atoms with van der Waals surface area (Å²) in [4.78, 5) is 13.9. The first-order valence-corrected chi connectivity index (χ1v) is 6.66. The number of aromatic nitrogens is 1. The fourth-order valence-corrected chi connectivity index (χ4v) is 2.15. The van der Waals surface area contributed by atoms with Crippen LogP contribution >= 0.6 is 0 Å². The number of nitrogens with one attached hydrogen (secondary N) is 2. The molecule has 1 aromatic carbocycles. The third kappa shape index (κ3) is 3.18. The van der Waals surface area contributed by atoms with E-state index < -0.39 is 6.10 Å². The van der Waals surface area contributed by atoms with Crippen molar-refractivity contribution in [3.8, 4) is 5.75 Å². The second-order valence-corrected chi connectivity index (χ2v) is 4.71. The summed E-state index contributed by atoms with van der Waals surface area (Å²) >= 11 is 0. The predicted octanol–water partition coefficient (Wildman–Crippen LogP) is 1.47. The molecule has 5 nitrogen and oxygen atoms in total. The molecule has 2 rings (SSSR count). The number of hydrogen-bond donors (Lipinski definition) is 4. The molecule has 107 valence electrons. The maximum atomic E-state index is 11.3. The highest BCUT2D eigenvalue weighted by Crippen LogP contribution is 2.28. The number of aromatic hydroxyl groups is 1. The number of unbranched alkanes of at least 4 members (excludes halogenated alkanes) is 1. The number of hydrogen-bond acceptors (Lipinski definition) is 4. The lowest BCUT2D eigenvalue weighted by atomic mass is 10.0. The quantitative estimate of drug-likeness (QED) is 0.601. The molecule has 1 heterocycles. The Morgan fingerprint density at radius 1 is 1.30 bits per heavy atom. The zero-order valence-electron chi connectivity index (χ0n) is 11.2. The summed E-state index contributed by atoms with van der Waals surface area (Å²) < 4.78 is 0. The minimum absolute atomic E-state index is 0.00123. The molecule has 4 N–H and O–H groups in total. The molecule has 0 amide bonds. The fraction of sp³-hybridized carbons (Fsp3) is 0.333. The van der Waals surface area contributed by atoms with E-state index in [9.17, 15) is 15.0 Å². The van der Waals surface area contributed by atoms with Crippen LogP contribution in [-0.4, -0.2) is 28.3 Å². The summed E-state index contributed by atoms with van der Waals surface area (Å²) in [6.45, 7) is 4.97. The van der Waals surface area contributed by atoms with E-state index in [1.54, 1.807) is 12.1 Å². The molecule has 0 aliphatic rings. The lowest BCUT2D eigenvalue weighted by molar-refractivity contribution is 0.176. The van der Waals surface area contributed by atoms with Gasteiger partial charge in [0.05, 0.1) is 11.6 Å². The van der Waals surface area contributed by atoms with Gasteiger partial charge in [-0.1, -0.05) is 19.4 Å². The topological polar surface area (TPSA) is 85.3 Å². The Balaban J connectivity index is 2.25. The zero-order valence-corrected chi connectivity index (χ0v) is 11.2. The van der Waals surface area contributed by atoms with E-state index in [-0.39, 0.29) is 11.3 Å². The van der Waals surface area contributed by atoms with Gasteiger partial charge >= 0.3 is 0 Å². The number of aliphatic hydroxyl groups is 1. The van der Waals surface area contributed by atoms with Gasteiger partial charge in [0.15, 0.2) is 0 Å². The van der Waals surface area contributed by atoms with Gasteiger partial charge in [0, 0.05) is 18.0 Å². The number of aliphatic hydroxyl groups excluding tert-OH is 1. The number of rotatable bonds is 6. The first-order chi connectivity index (χ1) is 9.63. The van der Waals surface area contributed by atoms with E-state index in [1.807, 2.05) is 0 Å². The van der Waals surface area contributed by atoms with Gasteiger partial charge in [0.2, 0.25) is 5.56 Å². The fourth-order valence-electron chi connectivity index (χ4n) is 2.15. The van der Waals surface area contributed by atoms with Crippen LogP contribution in [0.25, 0.3) is 10.9 Å². The van der Waals surface area contributed by atoms with Gasteiger partial charge < -0.3 is 20.5 Å². The summed E-state index contributed by atoms with van der Waals surface area (Å²) in [5.74, 6) is -0.00123. The van der Waals surface area contributed by atoms with Gasteiger partial charge in [-0.05, 0) is 30.7 Å². The lowest BCUT2D eigenvalue weighted by Crippen LogP contribution is -2.22. The maximum Gasteiger partial charge on any atom is 0.248 e. The van der Waals surface area contributed by atoms with Crippen molar-refractivity contribution in [1.29, 1.82) is 0 Å². The molecule has 20 heavy (non-hydrogen) atoms. The normalized spacial score (nSPS) is 12.7. The third-order valence-corrected chi connectivity index (χ3v) is 3.21. The molecular formula is C15H19N2O3. The van der Waals surface area contributed by atoms with Gasteiger partial charge in [-0.15, -0.1) is 0 Å². The summed E-state index contributed by atoms with van der Waals surface area (Å²) in [5, 5.41) is 23.8. The molecule has 0 spiro atoms. The average Bonchev–Trinajstić information content (AvgIpc) is 2.44. The van der Waals surface area contributed by atoms with Crippen molar-refractivity contribution in [2.45, 2.75) is 18.9 Å². The van der Waals surface area contributed by atoms with Gasteiger partial charge in [-0.2, -0.15) is 0 Å². The van der Waals surface area contributed by atoms with Crippen molar-refractivity contribution in [3.05, 3.63) is 47.1 Å². The minimum Gasteiger partial charge on any atom is -0.506 e. The molecule has 1 aromatic heterocycles. The van der Waals surface area contributed by atoms with Crippen LogP contribution in [0.1, 0.15) is 24.5 Å². The summed E-state index contributed by atoms with van der Waals surface area (Å²) in [6.07, 6.45) is 1.11. The van der Waals surface area contributed by atoms with Gasteiger partial charge in [0.25, 0.3) is 0 Å². The molecule has 0 saturated heterocycles. The van der Waals surface area contributed by atoms with E-state index in [0.29, 0.717) is 23.0 Å². The Bertz CT molecular complexity index is 637. The predicted molar refractivity (Wildman–Crippen MR) is 78.7 cm³/mol. The van der Waals surface area contributed by atoms with E-state index in [2.05, 4.69) is 17.2 Å². The Kier molecular flexibility index (Phi) is 4.76. The standard InChI is InChI=1S/C15H19N2O3/c1-2-3-8-16-9-13(19)10-4-6-12(18)15-11(10)5-7-14(20)17-15/h4-7,13,16,18-19H,1-3,8-9H2,(H,17,20)/t13-/m1/s1. The number of pyridine rings is 1. The first-order valence-electron chi connectivity index (χ1n) is 6.66. The summed E-state index contributed by atoms with van der Waals surface area (Å²) in [5.41, 5.74) is 0.746. The van der Waals surface area contributed by atoms with Gasteiger partial charge in [-0.3, -0.25) is 4.79 Å². The number of H-pyrrole nitrogens is 1. The zero-order chi connectivity index (χ0) is 14.5. The van der Waals surface area contributed by atoms with Crippen LogP contribution in [0.2, 0.25) is 0 Å². The molecule has 2 aromatic rings. The van der Waals surface area contributed by atoms with Gasteiger partial charge in [-0.25, -0.2) is 0 Å². The van der Waals surface area contributed by atoms with Crippen LogP contribution in [0, 0.1) is 6.92 Å². The number of fused-ring (bicyclic) bond motifs is 1. The second-order valence-electron chi connectivity index (χ2n) is 4.71. The first kappa shape index (κ1) is 14.6. The van der Waals surface area contributed by atoms with E-state index >= 15 is 0 Å². The number of aromatic amines is 1. The Hall–Kier alpha value is -1.85. The smallest absolute Gasteiger partial charge is 0.248 e. The largest absolute Gasteiger partial charge is 0.506 e. The Morgan fingerprint density at radius 3 is 2.85 bits per heavy atom. The van der Waals surface area contributed by atoms with E-state index in [1.165, 1.54) is 12.1 Å². The van der Waals surface area contributed by atoms with E-state index in [0.717, 1.165) is 19.4 Å². The number of phenols is 1.